The maximum Gasteiger partial charge on any atom is 0.223 e. The summed E-state index contributed by atoms with van der Waals surface area (Å²) in [7, 11) is 0. The van der Waals surface area contributed by atoms with Gasteiger partial charge in [-0.3, -0.25) is 4.79 Å². The Morgan fingerprint density at radius 1 is 1.19 bits per heavy atom. The molecule has 144 valence electrons. The van der Waals surface area contributed by atoms with Gasteiger partial charge in [0.25, 0.3) is 0 Å². The monoisotopic (exact) mass is 378 g/mol. The van der Waals surface area contributed by atoms with Crippen molar-refractivity contribution < 1.29 is 9.53 Å². The lowest BCUT2D eigenvalue weighted by atomic mass is 9.72. The lowest BCUT2D eigenvalue weighted by molar-refractivity contribution is -0.123. The van der Waals surface area contributed by atoms with Crippen LogP contribution in [0.15, 0.2) is 24.3 Å². The predicted molar refractivity (Wildman–Crippen MR) is 106 cm³/mol. The molecule has 1 aromatic rings. The van der Waals surface area contributed by atoms with Gasteiger partial charge in [-0.25, -0.2) is 0 Å². The van der Waals surface area contributed by atoms with Gasteiger partial charge in [0, 0.05) is 31.1 Å². The molecule has 1 saturated carbocycles. The predicted octanol–water partition coefficient (Wildman–Crippen LogP) is 2.97. The van der Waals surface area contributed by atoms with Crippen molar-refractivity contribution in [3.05, 3.63) is 35.4 Å². The summed E-state index contributed by atoms with van der Waals surface area (Å²) in [4.78, 5) is 12.8. The first-order chi connectivity index (χ1) is 12.2. The molecule has 1 amide bonds. The molecule has 0 aromatic heterocycles. The molecule has 5 heteroatoms. The smallest absolute Gasteiger partial charge is 0.223 e. The minimum Gasteiger partial charge on any atom is -0.381 e. The van der Waals surface area contributed by atoms with Gasteiger partial charge in [0.05, 0.1) is 0 Å². The average molecular weight is 379 g/mol. The Morgan fingerprint density at radius 3 is 2.58 bits per heavy atom. The highest BCUT2D eigenvalue weighted by atomic mass is 35.5. The van der Waals surface area contributed by atoms with Crippen LogP contribution in [0.25, 0.3) is 0 Å². The van der Waals surface area contributed by atoms with Gasteiger partial charge in [-0.05, 0) is 68.7 Å². The van der Waals surface area contributed by atoms with E-state index in [1.807, 2.05) is 0 Å². The van der Waals surface area contributed by atoms with Crippen LogP contribution in [-0.4, -0.2) is 38.8 Å². The van der Waals surface area contributed by atoms with E-state index in [1.54, 1.807) is 0 Å². The van der Waals surface area contributed by atoms with Gasteiger partial charge in [-0.1, -0.05) is 24.3 Å². The summed E-state index contributed by atoms with van der Waals surface area (Å²) in [6, 6.07) is 8.62. The number of carbonyl (C=O) groups excluding carboxylic acids is 1. The molecule has 4 rings (SSSR count). The van der Waals surface area contributed by atoms with Crippen molar-refractivity contribution in [3.63, 3.8) is 0 Å². The third-order valence-corrected chi connectivity index (χ3v) is 6.87. The molecule has 3 fully saturated rings. The summed E-state index contributed by atoms with van der Waals surface area (Å²) >= 11 is 0. The summed E-state index contributed by atoms with van der Waals surface area (Å²) in [5.41, 5.74) is 3.03. The van der Waals surface area contributed by atoms with E-state index < -0.39 is 0 Å². The molecule has 2 heterocycles. The van der Waals surface area contributed by atoms with E-state index in [2.05, 4.69) is 41.8 Å². The van der Waals surface area contributed by atoms with Crippen molar-refractivity contribution in [2.75, 3.05) is 32.8 Å². The third-order valence-electron chi connectivity index (χ3n) is 6.87. The number of ether oxygens (including phenoxy) is 1. The number of halogens is 1. The highest BCUT2D eigenvalue weighted by Gasteiger charge is 2.57. The second kappa shape index (κ2) is 7.87. The molecule has 2 aliphatic heterocycles. The summed E-state index contributed by atoms with van der Waals surface area (Å²) in [6.07, 6.45) is 5.36. The van der Waals surface area contributed by atoms with Crippen LogP contribution in [0.1, 0.15) is 43.2 Å². The van der Waals surface area contributed by atoms with E-state index in [1.165, 1.54) is 11.1 Å². The zero-order chi connectivity index (χ0) is 17.3. The highest BCUT2D eigenvalue weighted by molar-refractivity contribution is 5.85. The Hall–Kier alpha value is -1.10. The molecule has 4 nitrogen and oxygen atoms in total. The lowest BCUT2D eigenvalue weighted by Crippen LogP contribution is -2.46. The SMILES string of the molecule is Cc1ccccc1C1(CNC(=O)C2CC23CCNCC3)CCOCC1.Cl. The van der Waals surface area contributed by atoms with Gasteiger partial charge in [-0.15, -0.1) is 12.4 Å². The van der Waals surface area contributed by atoms with E-state index in [9.17, 15) is 4.79 Å². The summed E-state index contributed by atoms with van der Waals surface area (Å²) in [5.74, 6) is 0.518. The number of carbonyl (C=O) groups is 1. The number of aryl methyl sites for hydroxylation is 1. The number of nitrogens with one attached hydrogen (secondary N) is 2. The second-order valence-corrected chi connectivity index (χ2v) is 8.29. The van der Waals surface area contributed by atoms with Gasteiger partial charge in [0.1, 0.15) is 0 Å². The molecule has 3 aliphatic rings. The van der Waals surface area contributed by atoms with Crippen molar-refractivity contribution in [2.24, 2.45) is 11.3 Å². The zero-order valence-corrected chi connectivity index (χ0v) is 16.5. The van der Waals surface area contributed by atoms with Crippen molar-refractivity contribution in [1.82, 2.24) is 10.6 Å². The van der Waals surface area contributed by atoms with E-state index in [-0.39, 0.29) is 29.6 Å². The zero-order valence-electron chi connectivity index (χ0n) is 15.7. The number of benzene rings is 1. The first-order valence-electron chi connectivity index (χ1n) is 9.78. The minimum absolute atomic E-state index is 0. The minimum atomic E-state index is 0. The number of piperidine rings is 1. The third kappa shape index (κ3) is 3.64. The molecule has 0 radical (unpaired) electrons. The molecular weight excluding hydrogens is 348 g/mol. The fourth-order valence-electron chi connectivity index (χ4n) is 5.05. The molecular formula is C21H31ClN2O2. The van der Waals surface area contributed by atoms with Gasteiger partial charge >= 0.3 is 0 Å². The van der Waals surface area contributed by atoms with E-state index in [4.69, 9.17) is 4.74 Å². The quantitative estimate of drug-likeness (QED) is 0.846. The Labute approximate surface area is 162 Å². The Kier molecular flexibility index (Phi) is 5.95. The van der Waals surface area contributed by atoms with Crippen LogP contribution in [0, 0.1) is 18.3 Å². The molecule has 2 N–H and O–H groups in total. The summed E-state index contributed by atoms with van der Waals surface area (Å²) < 4.78 is 5.62. The Morgan fingerprint density at radius 2 is 1.88 bits per heavy atom. The van der Waals surface area contributed by atoms with Crippen molar-refractivity contribution >= 4 is 18.3 Å². The molecule has 1 atom stereocenters. The highest BCUT2D eigenvalue weighted by Crippen LogP contribution is 2.58. The van der Waals surface area contributed by atoms with Crippen LogP contribution in [0.3, 0.4) is 0 Å². The largest absolute Gasteiger partial charge is 0.381 e. The first kappa shape index (κ1) is 19.7. The fourth-order valence-corrected chi connectivity index (χ4v) is 5.05. The fraction of sp³-hybridized carbons (Fsp3) is 0.667. The molecule has 1 aliphatic carbocycles. The van der Waals surface area contributed by atoms with Crippen molar-refractivity contribution in [3.8, 4) is 0 Å². The number of amides is 1. The molecule has 26 heavy (non-hydrogen) atoms. The Bertz CT molecular complexity index is 637. The Balaban J connectivity index is 0.00000196. The normalized spacial score (nSPS) is 26.0. The van der Waals surface area contributed by atoms with Crippen molar-refractivity contribution in [1.29, 1.82) is 0 Å². The van der Waals surface area contributed by atoms with E-state index in [0.717, 1.165) is 65.0 Å². The summed E-state index contributed by atoms with van der Waals surface area (Å²) in [5, 5.41) is 6.75. The molecule has 0 bridgehead atoms. The molecule has 1 aromatic carbocycles. The second-order valence-electron chi connectivity index (χ2n) is 8.29. The van der Waals surface area contributed by atoms with Gasteiger partial charge < -0.3 is 15.4 Å². The van der Waals surface area contributed by atoms with Gasteiger partial charge in [0.15, 0.2) is 0 Å². The van der Waals surface area contributed by atoms with Crippen LogP contribution in [0.4, 0.5) is 0 Å². The molecule has 2 saturated heterocycles. The molecule has 1 spiro atoms. The van der Waals surface area contributed by atoms with E-state index in [0.29, 0.717) is 5.41 Å². The van der Waals surface area contributed by atoms with Crippen LogP contribution in [0.5, 0.6) is 0 Å². The van der Waals surface area contributed by atoms with Crippen molar-refractivity contribution in [2.45, 2.75) is 44.4 Å². The summed E-state index contributed by atoms with van der Waals surface area (Å²) in [6.45, 7) is 6.61. The first-order valence-corrected chi connectivity index (χ1v) is 9.78. The topological polar surface area (TPSA) is 50.4 Å². The van der Waals surface area contributed by atoms with Crippen LogP contribution >= 0.6 is 12.4 Å². The maximum absolute atomic E-state index is 12.8. The molecule has 1 unspecified atom stereocenters. The number of hydrogen-bond donors (Lipinski definition) is 2. The average Bonchev–Trinajstić information content (AvgIpc) is 3.34. The van der Waals surface area contributed by atoms with Crippen LogP contribution in [0.2, 0.25) is 0 Å². The lowest BCUT2D eigenvalue weighted by Gasteiger charge is -2.39. The van der Waals surface area contributed by atoms with E-state index >= 15 is 0 Å². The number of hydrogen-bond acceptors (Lipinski definition) is 3. The van der Waals surface area contributed by atoms with Gasteiger partial charge in [0.2, 0.25) is 5.91 Å². The maximum atomic E-state index is 12.8. The standard InChI is InChI=1S/C21H30N2O2.ClH/c1-16-4-2-3-5-17(16)21(8-12-25-13-9-21)15-23-19(24)18-14-20(18)6-10-22-11-7-20;/h2-5,18,22H,6-15H2,1H3,(H,23,24);1H. The van der Waals surface area contributed by atoms with Gasteiger partial charge in [-0.2, -0.15) is 0 Å². The number of rotatable bonds is 4. The van der Waals surface area contributed by atoms with Crippen LogP contribution in [-0.2, 0) is 14.9 Å². The van der Waals surface area contributed by atoms with Crippen LogP contribution < -0.4 is 10.6 Å².